The lowest BCUT2D eigenvalue weighted by molar-refractivity contribution is -0.0491. The van der Waals surface area contributed by atoms with Gasteiger partial charge in [-0.1, -0.05) is 63.8 Å². The van der Waals surface area contributed by atoms with Crippen molar-refractivity contribution < 1.29 is 21.6 Å². The van der Waals surface area contributed by atoms with Crippen LogP contribution in [-0.2, 0) is 16.6 Å². The second-order valence-corrected chi connectivity index (χ2v) is 13.7. The lowest BCUT2D eigenvalue weighted by Crippen LogP contribution is -2.67. The van der Waals surface area contributed by atoms with E-state index < -0.39 is 36.2 Å². The van der Waals surface area contributed by atoms with Gasteiger partial charge < -0.3 is 3.88 Å². The monoisotopic (exact) mass is 463 g/mol. The van der Waals surface area contributed by atoms with E-state index in [0.29, 0.717) is 13.1 Å². The minimum atomic E-state index is -5.43. The molecular weight excluding hydrogens is 430 g/mol. The first kappa shape index (κ1) is 25.6. The Kier molecular flexibility index (Phi) is 8.45. The van der Waals surface area contributed by atoms with Crippen LogP contribution >= 0.6 is 0 Å². The summed E-state index contributed by atoms with van der Waals surface area (Å²) in [5.74, 6) is 1.62. The molecule has 1 aliphatic heterocycles. The van der Waals surface area contributed by atoms with E-state index in [1.165, 1.54) is 0 Å². The molecule has 0 aliphatic carbocycles. The van der Waals surface area contributed by atoms with Crippen LogP contribution in [0.4, 0.5) is 13.2 Å². The maximum atomic E-state index is 13.6. The van der Waals surface area contributed by atoms with Gasteiger partial charge >= 0.3 is 20.1 Å². The van der Waals surface area contributed by atoms with Crippen LogP contribution in [0.15, 0.2) is 30.3 Å². The molecular formula is C20H33AlF3N3O2S. The second-order valence-electron chi connectivity index (χ2n) is 8.88. The van der Waals surface area contributed by atoms with Crippen LogP contribution in [0.25, 0.3) is 0 Å². The fourth-order valence-electron chi connectivity index (χ4n) is 4.20. The lowest BCUT2D eigenvalue weighted by Gasteiger charge is -2.48. The number of sulfonamides is 1. The molecule has 10 heteroatoms. The molecule has 0 spiro atoms. The summed E-state index contributed by atoms with van der Waals surface area (Å²) in [6, 6.07) is 8.98. The molecule has 170 valence electrons. The molecule has 1 aliphatic rings. The Hall–Kier alpha value is -0.628. The number of likely N-dealkylation sites (N-methyl/N-ethyl adjacent to an activating group) is 1. The fraction of sp³-hybridized carbons (Fsp3) is 0.700. The molecule has 0 bridgehead atoms. The van der Waals surface area contributed by atoms with E-state index in [1.54, 1.807) is 26.7 Å². The maximum Gasteiger partial charge on any atom is 0.509 e. The van der Waals surface area contributed by atoms with E-state index >= 15 is 0 Å². The number of halogens is 3. The van der Waals surface area contributed by atoms with Gasteiger partial charge in [0.25, 0.3) is 10.0 Å². The normalized spacial score (nSPS) is 23.8. The van der Waals surface area contributed by atoms with Crippen molar-refractivity contribution in [2.75, 3.05) is 20.1 Å². The minimum Gasteiger partial charge on any atom is -0.369 e. The van der Waals surface area contributed by atoms with Gasteiger partial charge in [-0.05, 0) is 24.4 Å². The van der Waals surface area contributed by atoms with Gasteiger partial charge in [0, 0.05) is 31.7 Å². The fourth-order valence-corrected chi connectivity index (χ4v) is 9.86. The number of nitrogens with zero attached hydrogens (tertiary/aromatic N) is 3. The van der Waals surface area contributed by atoms with Crippen molar-refractivity contribution >= 4 is 24.6 Å². The van der Waals surface area contributed by atoms with Crippen molar-refractivity contribution in [3.8, 4) is 0 Å². The minimum absolute atomic E-state index is 0.0329. The molecule has 30 heavy (non-hydrogen) atoms. The Morgan fingerprint density at radius 2 is 1.53 bits per heavy atom. The molecule has 0 N–H and O–H groups in total. The highest BCUT2D eigenvalue weighted by atomic mass is 32.2. The van der Waals surface area contributed by atoms with Gasteiger partial charge in [0.1, 0.15) is 0 Å². The average Bonchev–Trinajstić information content (AvgIpc) is 2.63. The summed E-state index contributed by atoms with van der Waals surface area (Å²) >= 11 is -2.61. The predicted molar refractivity (Wildman–Crippen MR) is 115 cm³/mol. The molecule has 1 aromatic rings. The van der Waals surface area contributed by atoms with E-state index in [-0.39, 0.29) is 24.4 Å². The Morgan fingerprint density at radius 1 is 1.03 bits per heavy atom. The second kappa shape index (κ2) is 9.89. The van der Waals surface area contributed by atoms with Crippen LogP contribution in [0.2, 0.25) is 5.79 Å². The van der Waals surface area contributed by atoms with Crippen molar-refractivity contribution in [1.29, 1.82) is 0 Å². The van der Waals surface area contributed by atoms with Gasteiger partial charge in [0.15, 0.2) is 0 Å². The predicted octanol–water partition coefficient (Wildman–Crippen LogP) is 3.75. The van der Waals surface area contributed by atoms with Crippen LogP contribution in [-0.4, -0.2) is 72.8 Å². The SMILES string of the molecule is CC(C)[C@@H]1CN(Cc2ccccc2)C[C@@H](C(C)C)[N](S(=O)(=O)C(F)(F)F)[Al]([CH3])[N]1C. The molecule has 2 rings (SSSR count). The third kappa shape index (κ3) is 5.59. The Morgan fingerprint density at radius 3 is 2.00 bits per heavy atom. The van der Waals surface area contributed by atoms with Crippen LogP contribution < -0.4 is 0 Å². The smallest absolute Gasteiger partial charge is 0.369 e. The van der Waals surface area contributed by atoms with Gasteiger partial charge in [0.2, 0.25) is 0 Å². The van der Waals surface area contributed by atoms with E-state index in [2.05, 4.69) is 4.90 Å². The van der Waals surface area contributed by atoms with Gasteiger partial charge in [-0.3, -0.25) is 8.19 Å². The van der Waals surface area contributed by atoms with Crippen LogP contribution in [0.5, 0.6) is 0 Å². The number of hydrogen-bond acceptors (Lipinski definition) is 4. The van der Waals surface area contributed by atoms with E-state index in [9.17, 15) is 21.6 Å². The Balaban J connectivity index is 2.54. The lowest BCUT2D eigenvalue weighted by atomic mass is 10.0. The molecule has 1 saturated heterocycles. The number of rotatable bonds is 5. The summed E-state index contributed by atoms with van der Waals surface area (Å²) in [6.07, 6.45) is 0. The van der Waals surface area contributed by atoms with Gasteiger partial charge in [-0.25, -0.2) is 8.42 Å². The molecule has 0 aromatic heterocycles. The van der Waals surface area contributed by atoms with Gasteiger partial charge in [-0.2, -0.15) is 13.2 Å². The topological polar surface area (TPSA) is 43.9 Å². The quantitative estimate of drug-likeness (QED) is 0.624. The zero-order chi connectivity index (χ0) is 22.9. The highest BCUT2D eigenvalue weighted by Gasteiger charge is 2.57. The molecule has 0 saturated carbocycles. The summed E-state index contributed by atoms with van der Waals surface area (Å²) in [5.41, 5.74) is -4.25. The van der Waals surface area contributed by atoms with E-state index in [0.717, 1.165) is 8.85 Å². The number of hydrogen-bond donors (Lipinski definition) is 0. The Labute approximate surface area is 183 Å². The van der Waals surface area contributed by atoms with E-state index in [1.807, 2.05) is 48.1 Å². The molecule has 0 radical (unpaired) electrons. The number of alkyl halides is 3. The third-order valence-electron chi connectivity index (χ3n) is 6.06. The van der Waals surface area contributed by atoms with Crippen molar-refractivity contribution in [3.05, 3.63) is 35.9 Å². The summed E-state index contributed by atoms with van der Waals surface area (Å²) < 4.78 is 69.1. The zero-order valence-electron chi connectivity index (χ0n) is 18.6. The summed E-state index contributed by atoms with van der Waals surface area (Å²) in [6.45, 7) is 9.19. The summed E-state index contributed by atoms with van der Waals surface area (Å²) in [7, 11) is -3.65. The van der Waals surface area contributed by atoms with Gasteiger partial charge in [0.05, 0.1) is 0 Å². The van der Waals surface area contributed by atoms with Crippen LogP contribution in [0, 0.1) is 11.8 Å². The van der Waals surface area contributed by atoms with Crippen molar-refractivity contribution in [2.24, 2.45) is 11.8 Å². The Bertz CT molecular complexity index is 790. The van der Waals surface area contributed by atoms with Crippen LogP contribution in [0.1, 0.15) is 33.3 Å². The summed E-state index contributed by atoms with van der Waals surface area (Å²) in [5, 5.41) is 0. The first-order valence-electron chi connectivity index (χ1n) is 10.3. The van der Waals surface area contributed by atoms with Crippen LogP contribution in [0.3, 0.4) is 0 Å². The molecule has 0 amide bonds. The van der Waals surface area contributed by atoms with Crippen molar-refractivity contribution in [1.82, 2.24) is 12.1 Å². The largest absolute Gasteiger partial charge is 0.509 e. The molecule has 2 atom stereocenters. The van der Waals surface area contributed by atoms with Crippen molar-refractivity contribution in [3.63, 3.8) is 0 Å². The average molecular weight is 464 g/mol. The number of benzene rings is 1. The summed E-state index contributed by atoms with van der Waals surface area (Å²) in [4.78, 5) is 2.11. The molecule has 5 nitrogen and oxygen atoms in total. The third-order valence-corrected chi connectivity index (χ3v) is 11.9. The van der Waals surface area contributed by atoms with E-state index in [4.69, 9.17) is 0 Å². The molecule has 1 heterocycles. The first-order chi connectivity index (χ1) is 13.8. The molecule has 1 aromatic carbocycles. The zero-order valence-corrected chi connectivity index (χ0v) is 20.6. The molecule has 1 fully saturated rings. The van der Waals surface area contributed by atoms with Crippen molar-refractivity contribution in [2.45, 2.75) is 57.6 Å². The standard InChI is InChI=1S/C19H30F3N3O2S.CH3.Al/c1-14(2)17(23-5)12-25(11-16-9-7-6-8-10-16)13-18(15(3)4)24-28(26,27)19(20,21)22;;/h6-10,14-15,17-18H,11-13H2,1-5H3;1H3;/q-2;;+2/t17-,18-;;/m0../s1. The maximum absolute atomic E-state index is 13.6. The highest BCUT2D eigenvalue weighted by Crippen LogP contribution is 2.34. The first-order valence-corrected chi connectivity index (χ1v) is 14.0. The van der Waals surface area contributed by atoms with Gasteiger partial charge in [-0.15, -0.1) is 0 Å². The molecule has 0 unspecified atom stereocenters. The highest BCUT2D eigenvalue weighted by molar-refractivity contribution is 7.91.